The molecule has 0 bridgehead atoms. The molecule has 0 saturated heterocycles. The predicted molar refractivity (Wildman–Crippen MR) is 64.0 cm³/mol. The van der Waals surface area contributed by atoms with Crippen LogP contribution in [0.15, 0.2) is 24.4 Å². The third-order valence-electron chi connectivity index (χ3n) is 2.74. The van der Waals surface area contributed by atoms with Crippen LogP contribution in [-0.4, -0.2) is 16.1 Å². The molecule has 0 unspecified atom stereocenters. The van der Waals surface area contributed by atoms with Gasteiger partial charge >= 0.3 is 5.97 Å². The minimum atomic E-state index is -0.895. The monoisotopic (exact) mass is 217 g/mol. The average molecular weight is 217 g/mol. The van der Waals surface area contributed by atoms with Crippen LogP contribution in [0.5, 0.6) is 0 Å². The molecule has 0 radical (unpaired) electrons. The molecule has 1 aromatic heterocycles. The fraction of sp³-hybridized carbons (Fsp3) is 0.308. The summed E-state index contributed by atoms with van der Waals surface area (Å²) in [5, 5.41) is 9.99. The maximum absolute atomic E-state index is 10.8. The molecule has 1 heterocycles. The quantitative estimate of drug-likeness (QED) is 0.770. The molecule has 0 amide bonds. The summed E-state index contributed by atoms with van der Waals surface area (Å²) >= 11 is 0. The molecule has 0 aliphatic heterocycles. The van der Waals surface area contributed by atoms with Crippen LogP contribution in [0, 0.1) is 0 Å². The number of benzene rings is 1. The SMILES string of the molecule is CC(C)(C)c1c[nH]c2cc(C(=O)O)ccc12. The fourth-order valence-electron chi connectivity index (χ4n) is 1.88. The molecule has 0 saturated carbocycles. The van der Waals surface area contributed by atoms with E-state index in [2.05, 4.69) is 25.8 Å². The van der Waals surface area contributed by atoms with Crippen LogP contribution in [0.2, 0.25) is 0 Å². The van der Waals surface area contributed by atoms with Gasteiger partial charge in [0.15, 0.2) is 0 Å². The van der Waals surface area contributed by atoms with Crippen molar-refractivity contribution in [3.05, 3.63) is 35.5 Å². The maximum atomic E-state index is 10.8. The summed E-state index contributed by atoms with van der Waals surface area (Å²) in [6.45, 7) is 6.42. The van der Waals surface area contributed by atoms with Crippen molar-refractivity contribution in [3.63, 3.8) is 0 Å². The number of H-pyrrole nitrogens is 1. The van der Waals surface area contributed by atoms with Crippen LogP contribution in [0.1, 0.15) is 36.7 Å². The first-order valence-corrected chi connectivity index (χ1v) is 5.24. The van der Waals surface area contributed by atoms with Crippen LogP contribution < -0.4 is 0 Å². The first-order valence-electron chi connectivity index (χ1n) is 5.24. The average Bonchev–Trinajstić information content (AvgIpc) is 2.58. The number of carboxylic acid groups (broad SMARTS) is 1. The lowest BCUT2D eigenvalue weighted by atomic mass is 9.87. The van der Waals surface area contributed by atoms with Gasteiger partial charge < -0.3 is 10.1 Å². The molecular weight excluding hydrogens is 202 g/mol. The van der Waals surface area contributed by atoms with Gasteiger partial charge in [0.2, 0.25) is 0 Å². The van der Waals surface area contributed by atoms with Crippen molar-refractivity contribution >= 4 is 16.9 Å². The molecule has 3 heteroatoms. The molecule has 2 N–H and O–H groups in total. The zero-order valence-corrected chi connectivity index (χ0v) is 9.66. The van der Waals surface area contributed by atoms with Crippen molar-refractivity contribution in [3.8, 4) is 0 Å². The lowest BCUT2D eigenvalue weighted by Gasteiger charge is -2.17. The number of aromatic amines is 1. The van der Waals surface area contributed by atoms with Gasteiger partial charge in [0, 0.05) is 17.1 Å². The van der Waals surface area contributed by atoms with E-state index in [4.69, 9.17) is 5.11 Å². The van der Waals surface area contributed by atoms with E-state index < -0.39 is 5.97 Å². The molecule has 1 aromatic carbocycles. The smallest absolute Gasteiger partial charge is 0.335 e. The summed E-state index contributed by atoms with van der Waals surface area (Å²) in [6, 6.07) is 5.19. The van der Waals surface area contributed by atoms with Crippen LogP contribution in [-0.2, 0) is 5.41 Å². The number of nitrogens with one attached hydrogen (secondary N) is 1. The Morgan fingerprint density at radius 3 is 2.56 bits per heavy atom. The predicted octanol–water partition coefficient (Wildman–Crippen LogP) is 3.16. The van der Waals surface area contributed by atoms with Gasteiger partial charge in [-0.25, -0.2) is 4.79 Å². The second-order valence-electron chi connectivity index (χ2n) is 5.02. The Hall–Kier alpha value is -1.77. The van der Waals surface area contributed by atoms with E-state index in [0.717, 1.165) is 10.9 Å². The standard InChI is InChI=1S/C13H15NO2/c1-13(2,3)10-7-14-11-6-8(12(15)16)4-5-9(10)11/h4-7,14H,1-3H3,(H,15,16). The summed E-state index contributed by atoms with van der Waals surface area (Å²) in [5.74, 6) is -0.895. The Kier molecular flexibility index (Phi) is 2.26. The van der Waals surface area contributed by atoms with Crippen molar-refractivity contribution in [1.82, 2.24) is 4.98 Å². The molecule has 84 valence electrons. The van der Waals surface area contributed by atoms with Gasteiger partial charge in [-0.05, 0) is 23.1 Å². The van der Waals surface area contributed by atoms with Crippen molar-refractivity contribution in [2.75, 3.05) is 0 Å². The molecule has 0 spiro atoms. The normalized spacial score (nSPS) is 11.9. The molecule has 0 aliphatic rings. The van der Waals surface area contributed by atoms with Crippen LogP contribution in [0.25, 0.3) is 10.9 Å². The number of carboxylic acids is 1. The minimum Gasteiger partial charge on any atom is -0.478 e. The molecular formula is C13H15NO2. The lowest BCUT2D eigenvalue weighted by molar-refractivity contribution is 0.0697. The summed E-state index contributed by atoms with van der Waals surface area (Å²) in [5.41, 5.74) is 2.46. The molecule has 3 nitrogen and oxygen atoms in total. The fourth-order valence-corrected chi connectivity index (χ4v) is 1.88. The highest BCUT2D eigenvalue weighted by molar-refractivity contribution is 5.94. The number of hydrogen-bond donors (Lipinski definition) is 2. The Morgan fingerprint density at radius 1 is 1.31 bits per heavy atom. The van der Waals surface area contributed by atoms with Crippen molar-refractivity contribution in [2.45, 2.75) is 26.2 Å². The highest BCUT2D eigenvalue weighted by atomic mass is 16.4. The van der Waals surface area contributed by atoms with Crippen molar-refractivity contribution in [1.29, 1.82) is 0 Å². The second kappa shape index (κ2) is 3.37. The third-order valence-corrected chi connectivity index (χ3v) is 2.74. The Labute approximate surface area is 94.1 Å². The van der Waals surface area contributed by atoms with E-state index in [1.54, 1.807) is 12.1 Å². The summed E-state index contributed by atoms with van der Waals surface area (Å²) in [6.07, 6.45) is 1.95. The van der Waals surface area contributed by atoms with E-state index in [1.807, 2.05) is 12.3 Å². The number of fused-ring (bicyclic) bond motifs is 1. The molecule has 0 fully saturated rings. The first kappa shape index (κ1) is 10.7. The number of aromatic nitrogens is 1. The van der Waals surface area contributed by atoms with Crippen LogP contribution >= 0.6 is 0 Å². The van der Waals surface area contributed by atoms with Gasteiger partial charge in [-0.3, -0.25) is 0 Å². The minimum absolute atomic E-state index is 0.0585. The Balaban J connectivity index is 2.64. The maximum Gasteiger partial charge on any atom is 0.335 e. The topological polar surface area (TPSA) is 53.1 Å². The van der Waals surface area contributed by atoms with Gasteiger partial charge in [0.05, 0.1) is 5.56 Å². The second-order valence-corrected chi connectivity index (χ2v) is 5.02. The molecule has 2 rings (SSSR count). The van der Waals surface area contributed by atoms with Crippen molar-refractivity contribution in [2.24, 2.45) is 0 Å². The summed E-state index contributed by atoms with van der Waals surface area (Å²) < 4.78 is 0. The van der Waals surface area contributed by atoms with Crippen LogP contribution in [0.4, 0.5) is 0 Å². The zero-order chi connectivity index (χ0) is 11.9. The number of hydrogen-bond acceptors (Lipinski definition) is 1. The van der Waals surface area contributed by atoms with E-state index in [-0.39, 0.29) is 5.41 Å². The highest BCUT2D eigenvalue weighted by Crippen LogP contribution is 2.30. The summed E-state index contributed by atoms with van der Waals surface area (Å²) in [4.78, 5) is 14.0. The van der Waals surface area contributed by atoms with Gasteiger partial charge in [0.25, 0.3) is 0 Å². The summed E-state index contributed by atoms with van der Waals surface area (Å²) in [7, 11) is 0. The molecule has 0 aliphatic carbocycles. The molecule has 0 atom stereocenters. The largest absolute Gasteiger partial charge is 0.478 e. The lowest BCUT2D eigenvalue weighted by Crippen LogP contribution is -2.09. The highest BCUT2D eigenvalue weighted by Gasteiger charge is 2.18. The van der Waals surface area contributed by atoms with E-state index in [0.29, 0.717) is 5.56 Å². The third kappa shape index (κ3) is 1.69. The molecule has 16 heavy (non-hydrogen) atoms. The van der Waals surface area contributed by atoms with Crippen molar-refractivity contribution < 1.29 is 9.90 Å². The zero-order valence-electron chi connectivity index (χ0n) is 9.66. The molecule has 2 aromatic rings. The van der Waals surface area contributed by atoms with E-state index in [9.17, 15) is 4.79 Å². The van der Waals surface area contributed by atoms with E-state index in [1.165, 1.54) is 5.56 Å². The van der Waals surface area contributed by atoms with Gasteiger partial charge in [0.1, 0.15) is 0 Å². The number of carbonyl (C=O) groups is 1. The van der Waals surface area contributed by atoms with Crippen LogP contribution in [0.3, 0.4) is 0 Å². The van der Waals surface area contributed by atoms with E-state index >= 15 is 0 Å². The number of aromatic carboxylic acids is 1. The Bertz CT molecular complexity index is 547. The number of rotatable bonds is 1. The van der Waals surface area contributed by atoms with Gasteiger partial charge in [-0.15, -0.1) is 0 Å². The first-order chi connectivity index (χ1) is 7.39. The Morgan fingerprint density at radius 2 is 2.00 bits per heavy atom. The van der Waals surface area contributed by atoms with Gasteiger partial charge in [-0.1, -0.05) is 26.8 Å². The van der Waals surface area contributed by atoms with Gasteiger partial charge in [-0.2, -0.15) is 0 Å².